The number of carbonyl (C=O) groups excluding carboxylic acids is 2. The number of nitrogens with one attached hydrogen (secondary N) is 1. The summed E-state index contributed by atoms with van der Waals surface area (Å²) in [4.78, 5) is 40.4. The van der Waals surface area contributed by atoms with E-state index in [0.717, 1.165) is 96.3 Å². The van der Waals surface area contributed by atoms with Gasteiger partial charge in [0.15, 0.2) is 0 Å². The molecule has 9 nitrogen and oxygen atoms in total. The van der Waals surface area contributed by atoms with Gasteiger partial charge in [0.2, 0.25) is 5.91 Å². The van der Waals surface area contributed by atoms with Crippen LogP contribution in [0.1, 0.15) is 367 Å². The minimum Gasteiger partial charge on any atom is -0.756 e. The molecule has 0 bridgehead atoms. The van der Waals surface area contributed by atoms with Crippen LogP contribution in [0.15, 0.2) is 97.2 Å². The Balaban J connectivity index is 4.97. The number of rotatable bonds is 72. The van der Waals surface area contributed by atoms with Crippen LogP contribution < -0.4 is 10.2 Å². The lowest BCUT2D eigenvalue weighted by Gasteiger charge is -2.30. The van der Waals surface area contributed by atoms with Crippen molar-refractivity contribution in [2.75, 3.05) is 40.9 Å². The number of phosphoric ester groups is 1. The van der Waals surface area contributed by atoms with Crippen molar-refractivity contribution in [2.45, 2.75) is 380 Å². The van der Waals surface area contributed by atoms with Gasteiger partial charge in [-0.25, -0.2) is 0 Å². The van der Waals surface area contributed by atoms with E-state index in [1.54, 1.807) is 0 Å². The minimum absolute atomic E-state index is 0.0244. The molecule has 0 aromatic rings. The zero-order valence-corrected chi connectivity index (χ0v) is 62.8. The smallest absolute Gasteiger partial charge is 0.306 e. The summed E-state index contributed by atoms with van der Waals surface area (Å²) in [6.45, 7) is 6.75. The van der Waals surface area contributed by atoms with Gasteiger partial charge in [0.25, 0.3) is 7.82 Å². The minimum atomic E-state index is -4.71. The molecule has 0 saturated carbocycles. The number of quaternary nitrogens is 1. The summed E-state index contributed by atoms with van der Waals surface area (Å²) in [5.41, 5.74) is 0. The van der Waals surface area contributed by atoms with E-state index >= 15 is 0 Å². The predicted molar refractivity (Wildman–Crippen MR) is 404 cm³/mol. The van der Waals surface area contributed by atoms with E-state index in [1.165, 1.54) is 238 Å². The van der Waals surface area contributed by atoms with Crippen LogP contribution >= 0.6 is 7.82 Å². The topological polar surface area (TPSA) is 114 Å². The molecule has 1 N–H and O–H groups in total. The Morgan fingerprint density at radius 2 is 0.688 bits per heavy atom. The lowest BCUT2D eigenvalue weighted by atomic mass is 10.0. The average molecular weight is 1320 g/mol. The van der Waals surface area contributed by atoms with E-state index < -0.39 is 20.0 Å². The van der Waals surface area contributed by atoms with Crippen LogP contribution in [-0.2, 0) is 27.9 Å². The van der Waals surface area contributed by atoms with Crippen molar-refractivity contribution in [2.24, 2.45) is 0 Å². The van der Waals surface area contributed by atoms with Gasteiger partial charge in [0.1, 0.15) is 19.3 Å². The van der Waals surface area contributed by atoms with E-state index in [2.05, 4.69) is 111 Å². The normalized spacial score (nSPS) is 13.9. The molecule has 0 aliphatic rings. The van der Waals surface area contributed by atoms with Crippen molar-refractivity contribution in [1.82, 2.24) is 5.32 Å². The molecule has 0 fully saturated rings. The largest absolute Gasteiger partial charge is 0.756 e. The second-order valence-corrected chi connectivity index (χ2v) is 29.2. The third kappa shape index (κ3) is 73.0. The maximum atomic E-state index is 13.7. The highest BCUT2D eigenvalue weighted by atomic mass is 31.2. The zero-order valence-electron chi connectivity index (χ0n) is 61.9. The first-order valence-electron chi connectivity index (χ1n) is 39.5. The zero-order chi connectivity index (χ0) is 67.8. The van der Waals surface area contributed by atoms with Crippen molar-refractivity contribution < 1.29 is 37.3 Å². The van der Waals surface area contributed by atoms with Gasteiger partial charge in [-0.2, -0.15) is 0 Å². The number of phosphoric acid groups is 1. The first kappa shape index (κ1) is 89.9. The molecular formula is C83H151N2O7P. The van der Waals surface area contributed by atoms with Crippen LogP contribution in [0.5, 0.6) is 0 Å². The molecule has 0 aromatic carbocycles. The van der Waals surface area contributed by atoms with Crippen LogP contribution in [-0.4, -0.2) is 69.4 Å². The number of amides is 1. The van der Waals surface area contributed by atoms with Gasteiger partial charge in [-0.05, 0) is 109 Å². The Morgan fingerprint density at radius 3 is 1.05 bits per heavy atom. The fraction of sp³-hybridized carbons (Fsp3) is 0.783. The van der Waals surface area contributed by atoms with E-state index in [1.807, 2.05) is 33.3 Å². The third-order valence-corrected chi connectivity index (χ3v) is 18.5. The Kier molecular flexibility index (Phi) is 69.3. The third-order valence-electron chi connectivity index (χ3n) is 17.5. The number of likely N-dealkylation sites (N-methyl/N-ethyl adjacent to an activating group) is 1. The molecule has 0 spiro atoms. The van der Waals surface area contributed by atoms with Crippen LogP contribution in [0.2, 0.25) is 0 Å². The second kappa shape index (κ2) is 71.7. The molecule has 0 rings (SSSR count). The molecule has 0 aliphatic carbocycles. The van der Waals surface area contributed by atoms with Crippen LogP contribution in [0.25, 0.3) is 0 Å². The van der Waals surface area contributed by atoms with Crippen LogP contribution in [0.3, 0.4) is 0 Å². The maximum Gasteiger partial charge on any atom is 0.306 e. The molecule has 0 aromatic heterocycles. The molecule has 1 amide bonds. The average Bonchev–Trinajstić information content (AvgIpc) is 2.15. The Bertz CT molecular complexity index is 1910. The van der Waals surface area contributed by atoms with E-state index in [-0.39, 0.29) is 31.5 Å². The van der Waals surface area contributed by atoms with Gasteiger partial charge in [-0.3, -0.25) is 14.2 Å². The molecular weight excluding hydrogens is 1170 g/mol. The molecule has 10 heteroatoms. The second-order valence-electron chi connectivity index (χ2n) is 27.8. The standard InChI is InChI=1S/C83H151N2O7P/c1-7-10-13-16-19-22-25-28-30-32-34-36-38-40-42-44-46-48-50-52-54-57-60-63-66-69-72-75-82(86)84-80(79-91-93(88,89)90-78-77-85(4,5)6)81(74-71-68-65-62-59-56-27-24-21-18-15-12-9-3)92-83(87)76-73-70-67-64-61-58-55-53-51-49-47-45-43-41-39-37-35-33-31-29-26-23-20-17-14-11-8-2/h11,14,19-20,22-23,28-31,35,37,41,43,71,74,80-81H,7-10,12-13,15-18,21,24-27,32-34,36,38-40,42,44-70,72-73,75-79H2,1-6H3,(H-,84,86,88,89)/b14-11-,22-19-,23-20-,30-28-,31-29-,37-35-,43-41-,74-71+. The van der Waals surface area contributed by atoms with Gasteiger partial charge in [-0.1, -0.05) is 343 Å². The summed E-state index contributed by atoms with van der Waals surface area (Å²) in [7, 11) is 1.19. The first-order chi connectivity index (χ1) is 45.4. The molecule has 93 heavy (non-hydrogen) atoms. The van der Waals surface area contributed by atoms with Crippen molar-refractivity contribution in [1.29, 1.82) is 0 Å². The highest BCUT2D eigenvalue weighted by Crippen LogP contribution is 2.38. The fourth-order valence-electron chi connectivity index (χ4n) is 11.5. The van der Waals surface area contributed by atoms with E-state index in [4.69, 9.17) is 13.8 Å². The van der Waals surface area contributed by atoms with Gasteiger partial charge in [0, 0.05) is 12.8 Å². The van der Waals surface area contributed by atoms with Crippen molar-refractivity contribution in [3.05, 3.63) is 97.2 Å². The molecule has 0 aliphatic heterocycles. The summed E-state index contributed by atoms with van der Waals surface area (Å²) < 4.78 is 30.6. The van der Waals surface area contributed by atoms with Gasteiger partial charge in [-0.15, -0.1) is 0 Å². The number of allylic oxidation sites excluding steroid dienone is 15. The molecule has 0 saturated heterocycles. The summed E-state index contributed by atoms with van der Waals surface area (Å²) in [5, 5.41) is 3.06. The van der Waals surface area contributed by atoms with Crippen LogP contribution in [0.4, 0.5) is 0 Å². The van der Waals surface area contributed by atoms with Crippen molar-refractivity contribution in [3.63, 3.8) is 0 Å². The Labute approximate surface area is 577 Å². The van der Waals surface area contributed by atoms with Crippen molar-refractivity contribution >= 4 is 19.7 Å². The quantitative estimate of drug-likeness (QED) is 0.0212. The predicted octanol–water partition coefficient (Wildman–Crippen LogP) is 25.2. The van der Waals surface area contributed by atoms with Crippen molar-refractivity contribution in [3.8, 4) is 0 Å². The highest BCUT2D eigenvalue weighted by Gasteiger charge is 2.27. The summed E-state index contributed by atoms with van der Waals surface area (Å²) in [6, 6.07) is -0.895. The number of unbranched alkanes of at least 4 members (excludes halogenated alkanes) is 42. The van der Waals surface area contributed by atoms with E-state index in [9.17, 15) is 19.0 Å². The number of nitrogens with zero attached hydrogens (tertiary/aromatic N) is 1. The lowest BCUT2D eigenvalue weighted by molar-refractivity contribution is -0.870. The maximum absolute atomic E-state index is 13.7. The number of carbonyl (C=O) groups is 2. The summed E-state index contributed by atoms with van der Waals surface area (Å²) >= 11 is 0. The molecule has 0 radical (unpaired) electrons. The fourth-order valence-corrected chi connectivity index (χ4v) is 12.2. The molecule has 3 unspecified atom stereocenters. The van der Waals surface area contributed by atoms with Gasteiger partial charge in [0.05, 0.1) is 33.8 Å². The van der Waals surface area contributed by atoms with Gasteiger partial charge < -0.3 is 28.5 Å². The molecule has 540 valence electrons. The Hall–Kier alpha value is -3.07. The lowest BCUT2D eigenvalue weighted by Crippen LogP contribution is -2.47. The Morgan fingerprint density at radius 1 is 0.387 bits per heavy atom. The van der Waals surface area contributed by atoms with Crippen LogP contribution in [0, 0.1) is 0 Å². The molecule has 0 heterocycles. The number of hydrogen-bond acceptors (Lipinski definition) is 7. The van der Waals surface area contributed by atoms with E-state index in [0.29, 0.717) is 17.4 Å². The first-order valence-corrected chi connectivity index (χ1v) is 41.0. The SMILES string of the molecule is CC/C=C\C/C=C\C/C=C\C/C=C\C/C=C\CCCCCCCCCCCCCC(=O)OC(/C=C/CCCCCCCCCCCCC)C(COP(=O)([O-])OCC[N+](C)(C)C)NC(=O)CCCCCCCCCCCCCCCCCCC/C=C\C/C=C\CCCCC. The number of ether oxygens (including phenoxy) is 1. The van der Waals surface area contributed by atoms with Gasteiger partial charge >= 0.3 is 5.97 Å². The summed E-state index contributed by atoms with van der Waals surface area (Å²) in [5.74, 6) is -0.532. The highest BCUT2D eigenvalue weighted by molar-refractivity contribution is 7.45. The monoisotopic (exact) mass is 1320 g/mol. The number of hydrogen-bond donors (Lipinski definition) is 1. The summed E-state index contributed by atoms with van der Waals surface area (Å²) in [6.07, 6.45) is 98.3. The number of esters is 1. The molecule has 3 atom stereocenters.